The Hall–Kier alpha value is -1.20. The van der Waals surface area contributed by atoms with Crippen molar-refractivity contribution >= 4 is 17.7 Å². The number of ether oxygens (including phenoxy) is 1. The monoisotopic (exact) mass is 305 g/mol. The molecule has 0 aromatic heterocycles. The number of hydrogen-bond donors (Lipinski definition) is 2. The number of nitrogens with zero attached hydrogens (tertiary/aromatic N) is 1. The number of hydrogen-bond acceptors (Lipinski definition) is 3. The van der Waals surface area contributed by atoms with Gasteiger partial charge < -0.3 is 15.4 Å². The first kappa shape index (κ1) is 14.7. The van der Waals surface area contributed by atoms with Crippen LogP contribution < -0.4 is 10.6 Å². The van der Waals surface area contributed by atoms with E-state index in [-0.39, 0.29) is 0 Å². The first-order valence-corrected chi connectivity index (χ1v) is 8.64. The molecule has 114 valence electrons. The van der Waals surface area contributed by atoms with E-state index >= 15 is 0 Å². The highest BCUT2D eigenvalue weighted by atomic mass is 32.2. The molecule has 2 fully saturated rings. The summed E-state index contributed by atoms with van der Waals surface area (Å²) in [6, 6.07) is 10.9. The van der Waals surface area contributed by atoms with Gasteiger partial charge in [-0.15, -0.1) is 11.8 Å². The predicted molar refractivity (Wildman–Crippen MR) is 88.0 cm³/mol. The van der Waals surface area contributed by atoms with E-state index in [0.717, 1.165) is 24.7 Å². The predicted octanol–water partition coefficient (Wildman–Crippen LogP) is 2.26. The average Bonchev–Trinajstić information content (AvgIpc) is 3.14. The van der Waals surface area contributed by atoms with Crippen LogP contribution in [0.1, 0.15) is 19.3 Å². The maximum atomic E-state index is 5.86. The van der Waals surface area contributed by atoms with E-state index in [1.807, 2.05) is 24.9 Å². The van der Waals surface area contributed by atoms with Crippen LogP contribution in [0.3, 0.4) is 0 Å². The second-order valence-electron chi connectivity index (χ2n) is 5.52. The summed E-state index contributed by atoms with van der Waals surface area (Å²) in [5.74, 6) is 1.92. The van der Waals surface area contributed by atoms with Gasteiger partial charge in [0.25, 0.3) is 0 Å². The minimum Gasteiger partial charge on any atom is -0.373 e. The number of aliphatic imine (C=N–C) groups is 1. The van der Waals surface area contributed by atoms with Gasteiger partial charge in [-0.25, -0.2) is 0 Å². The van der Waals surface area contributed by atoms with Crippen molar-refractivity contribution in [3.05, 3.63) is 30.3 Å². The van der Waals surface area contributed by atoms with E-state index in [2.05, 4.69) is 39.9 Å². The smallest absolute Gasteiger partial charge is 0.191 e. The molecule has 3 atom stereocenters. The molecule has 2 N–H and O–H groups in total. The Balaban J connectivity index is 1.37. The molecule has 4 nitrogen and oxygen atoms in total. The normalized spacial score (nSPS) is 27.9. The number of rotatable bonds is 5. The molecular weight excluding hydrogens is 282 g/mol. The van der Waals surface area contributed by atoms with E-state index < -0.39 is 0 Å². The first-order valence-electron chi connectivity index (χ1n) is 7.65. The van der Waals surface area contributed by atoms with E-state index in [0.29, 0.717) is 18.2 Å². The van der Waals surface area contributed by atoms with Crippen LogP contribution >= 0.6 is 11.8 Å². The molecular formula is C16H23N3OS. The highest BCUT2D eigenvalue weighted by Crippen LogP contribution is 2.34. The minimum absolute atomic E-state index is 0.382. The van der Waals surface area contributed by atoms with Gasteiger partial charge in [-0.1, -0.05) is 18.2 Å². The van der Waals surface area contributed by atoms with E-state index in [9.17, 15) is 0 Å². The van der Waals surface area contributed by atoms with Gasteiger partial charge >= 0.3 is 0 Å². The Labute approximate surface area is 130 Å². The molecule has 21 heavy (non-hydrogen) atoms. The van der Waals surface area contributed by atoms with Crippen LogP contribution in [0.25, 0.3) is 0 Å². The van der Waals surface area contributed by atoms with Crippen LogP contribution in [0, 0.1) is 0 Å². The van der Waals surface area contributed by atoms with Crippen LogP contribution in [0.5, 0.6) is 0 Å². The highest BCUT2D eigenvalue weighted by Gasteiger charge is 2.40. The summed E-state index contributed by atoms with van der Waals surface area (Å²) < 4.78 is 5.86. The number of benzene rings is 1. The zero-order valence-corrected chi connectivity index (χ0v) is 13.2. The molecule has 1 aromatic carbocycles. The van der Waals surface area contributed by atoms with Crippen molar-refractivity contribution in [3.63, 3.8) is 0 Å². The lowest BCUT2D eigenvalue weighted by Crippen LogP contribution is -2.47. The van der Waals surface area contributed by atoms with Gasteiger partial charge in [0, 0.05) is 24.2 Å². The number of fused-ring (bicyclic) bond motifs is 2. The van der Waals surface area contributed by atoms with Gasteiger partial charge in [-0.2, -0.15) is 0 Å². The zero-order chi connectivity index (χ0) is 14.5. The second kappa shape index (κ2) is 7.18. The van der Waals surface area contributed by atoms with Gasteiger partial charge in [0.1, 0.15) is 0 Å². The summed E-state index contributed by atoms with van der Waals surface area (Å²) in [5, 5.41) is 6.89. The molecule has 3 rings (SSSR count). The van der Waals surface area contributed by atoms with Crippen molar-refractivity contribution in [2.75, 3.05) is 19.3 Å². The van der Waals surface area contributed by atoms with Crippen LogP contribution in [0.15, 0.2) is 40.2 Å². The van der Waals surface area contributed by atoms with Gasteiger partial charge in [-0.05, 0) is 31.4 Å². The Morgan fingerprint density at radius 1 is 1.33 bits per heavy atom. The standard InChI is InChI=1S/C16H23N3OS/c1-17-16(19-14-11-12-7-8-15(14)20-12)18-9-10-21-13-5-3-2-4-6-13/h2-6,12,14-15H,7-11H2,1H3,(H2,17,18,19). The molecule has 2 bridgehead atoms. The molecule has 0 saturated carbocycles. The molecule has 1 aromatic rings. The molecule has 0 radical (unpaired) electrons. The lowest BCUT2D eigenvalue weighted by molar-refractivity contribution is 0.0992. The quantitative estimate of drug-likeness (QED) is 0.379. The van der Waals surface area contributed by atoms with Gasteiger partial charge in [0.2, 0.25) is 0 Å². The Bertz CT molecular complexity index is 480. The second-order valence-corrected chi connectivity index (χ2v) is 6.69. The molecule has 3 unspecified atom stereocenters. The van der Waals surface area contributed by atoms with Crippen molar-refractivity contribution in [1.29, 1.82) is 0 Å². The SMILES string of the molecule is CN=C(NCCSc1ccccc1)NC1CC2CCC1O2. The molecule has 2 saturated heterocycles. The molecule has 5 heteroatoms. The fraction of sp³-hybridized carbons (Fsp3) is 0.562. The fourth-order valence-electron chi connectivity index (χ4n) is 3.02. The van der Waals surface area contributed by atoms with Crippen LogP contribution in [-0.2, 0) is 4.74 Å². The van der Waals surface area contributed by atoms with E-state index in [1.165, 1.54) is 17.7 Å². The Kier molecular flexibility index (Phi) is 5.04. The number of thioether (sulfide) groups is 1. The molecule has 2 aliphatic rings. The average molecular weight is 305 g/mol. The summed E-state index contributed by atoms with van der Waals surface area (Å²) in [5.41, 5.74) is 0. The van der Waals surface area contributed by atoms with Gasteiger partial charge in [0.05, 0.1) is 18.2 Å². The lowest BCUT2D eigenvalue weighted by Gasteiger charge is -2.22. The minimum atomic E-state index is 0.382. The number of guanidine groups is 1. The molecule has 2 heterocycles. The lowest BCUT2D eigenvalue weighted by atomic mass is 9.96. The molecule has 0 spiro atoms. The molecule has 0 aliphatic carbocycles. The third-order valence-electron chi connectivity index (χ3n) is 4.06. The highest BCUT2D eigenvalue weighted by molar-refractivity contribution is 7.99. The van der Waals surface area contributed by atoms with E-state index in [1.54, 1.807) is 0 Å². The van der Waals surface area contributed by atoms with Gasteiger partial charge in [0.15, 0.2) is 5.96 Å². The summed E-state index contributed by atoms with van der Waals surface area (Å²) >= 11 is 1.86. The summed E-state index contributed by atoms with van der Waals surface area (Å²) in [6.45, 7) is 0.904. The molecule has 0 amide bonds. The van der Waals surface area contributed by atoms with Crippen molar-refractivity contribution in [2.45, 2.75) is 42.4 Å². The Morgan fingerprint density at radius 3 is 2.86 bits per heavy atom. The topological polar surface area (TPSA) is 45.7 Å². The summed E-state index contributed by atoms with van der Waals surface area (Å²) in [7, 11) is 1.83. The zero-order valence-electron chi connectivity index (χ0n) is 12.4. The van der Waals surface area contributed by atoms with Crippen LogP contribution in [-0.4, -0.2) is 43.6 Å². The summed E-state index contributed by atoms with van der Waals surface area (Å²) in [4.78, 5) is 5.62. The fourth-order valence-corrected chi connectivity index (χ4v) is 3.80. The van der Waals surface area contributed by atoms with Gasteiger partial charge in [-0.3, -0.25) is 4.99 Å². The third-order valence-corrected chi connectivity index (χ3v) is 5.07. The Morgan fingerprint density at radius 2 is 2.19 bits per heavy atom. The van der Waals surface area contributed by atoms with E-state index in [4.69, 9.17) is 4.74 Å². The largest absolute Gasteiger partial charge is 0.373 e. The maximum Gasteiger partial charge on any atom is 0.191 e. The van der Waals surface area contributed by atoms with Crippen molar-refractivity contribution in [2.24, 2.45) is 4.99 Å². The maximum absolute atomic E-state index is 5.86. The third kappa shape index (κ3) is 3.92. The van der Waals surface area contributed by atoms with Crippen LogP contribution in [0.4, 0.5) is 0 Å². The van der Waals surface area contributed by atoms with Crippen molar-refractivity contribution < 1.29 is 4.74 Å². The first-order chi connectivity index (χ1) is 10.3. The van der Waals surface area contributed by atoms with Crippen molar-refractivity contribution in [1.82, 2.24) is 10.6 Å². The number of nitrogens with one attached hydrogen (secondary N) is 2. The van der Waals surface area contributed by atoms with Crippen LogP contribution in [0.2, 0.25) is 0 Å². The summed E-state index contributed by atoms with van der Waals surface area (Å²) in [6.07, 6.45) is 4.38. The molecule has 2 aliphatic heterocycles. The van der Waals surface area contributed by atoms with Crippen molar-refractivity contribution in [3.8, 4) is 0 Å².